The van der Waals surface area contributed by atoms with Crippen molar-refractivity contribution in [3.05, 3.63) is 59.8 Å². The van der Waals surface area contributed by atoms with Crippen LogP contribution in [0.25, 0.3) is 27.9 Å². The number of rotatable bonds is 6. The molecule has 1 aromatic carbocycles. The Morgan fingerprint density at radius 2 is 1.75 bits per heavy atom. The number of allylic oxidation sites excluding steroid dienone is 1. The molecule has 3 aromatic rings. The van der Waals surface area contributed by atoms with Crippen LogP contribution in [0, 0.1) is 0 Å². The Morgan fingerprint density at radius 3 is 2.38 bits per heavy atom. The van der Waals surface area contributed by atoms with E-state index in [9.17, 15) is 0 Å². The molecule has 0 spiro atoms. The van der Waals surface area contributed by atoms with Crippen molar-refractivity contribution in [1.82, 2.24) is 19.5 Å². The second-order valence-corrected chi connectivity index (χ2v) is 8.60. The molecule has 1 aliphatic heterocycles. The summed E-state index contributed by atoms with van der Waals surface area (Å²) in [4.78, 5) is 9.49. The summed E-state index contributed by atoms with van der Waals surface area (Å²) >= 11 is 6.57. The van der Waals surface area contributed by atoms with Gasteiger partial charge in [-0.25, -0.2) is 9.66 Å². The Hall–Kier alpha value is -3.32. The maximum absolute atomic E-state index is 6.57. The highest BCUT2D eigenvalue weighted by Gasteiger charge is 2.20. The Kier molecular flexibility index (Phi) is 5.93. The minimum absolute atomic E-state index is 0.341. The fourth-order valence-electron chi connectivity index (χ4n) is 4.19. The van der Waals surface area contributed by atoms with Gasteiger partial charge >= 0.3 is 0 Å². The number of nitrogens with zero attached hydrogens (tertiary/aromatic N) is 4. The third kappa shape index (κ3) is 3.96. The molecule has 4 rings (SSSR count). The molecule has 0 radical (unpaired) electrons. The number of hydrogen-bond acceptors (Lipinski definition) is 6. The standard InChI is InChI=1S/C24H30ClN7/c1-4-5-15(2)30-8-10-31(11-9-30)16(3)17-6-7-18-20(25)14-22(29-21(18)12-17)19-13-23(26)32(28)24(19)27/h6-7,12-14H,2-5,8-11,26-28H2,1H3. The van der Waals surface area contributed by atoms with Gasteiger partial charge in [-0.1, -0.05) is 50.2 Å². The molecule has 0 saturated carbocycles. The topological polar surface area (TPSA) is 102 Å². The van der Waals surface area contributed by atoms with Crippen LogP contribution in [0.2, 0.25) is 5.02 Å². The van der Waals surface area contributed by atoms with Crippen LogP contribution in [0.1, 0.15) is 25.3 Å². The van der Waals surface area contributed by atoms with E-state index in [2.05, 4.69) is 29.9 Å². The van der Waals surface area contributed by atoms with Gasteiger partial charge in [-0.2, -0.15) is 0 Å². The Balaban J connectivity index is 1.60. The van der Waals surface area contributed by atoms with Gasteiger partial charge in [0.25, 0.3) is 0 Å². The van der Waals surface area contributed by atoms with Gasteiger partial charge in [0.1, 0.15) is 11.6 Å². The van der Waals surface area contributed by atoms with Gasteiger partial charge in [0, 0.05) is 48.5 Å². The van der Waals surface area contributed by atoms with Crippen molar-refractivity contribution in [3.63, 3.8) is 0 Å². The molecule has 0 atom stereocenters. The van der Waals surface area contributed by atoms with Crippen molar-refractivity contribution < 1.29 is 0 Å². The molecular formula is C24H30ClN7. The quantitative estimate of drug-likeness (QED) is 0.487. The summed E-state index contributed by atoms with van der Waals surface area (Å²) < 4.78 is 1.24. The van der Waals surface area contributed by atoms with Crippen molar-refractivity contribution in [2.45, 2.75) is 19.8 Å². The Morgan fingerprint density at radius 1 is 1.06 bits per heavy atom. The Labute approximate surface area is 193 Å². The van der Waals surface area contributed by atoms with Crippen LogP contribution in [-0.4, -0.2) is 45.6 Å². The SMILES string of the molecule is C=C(CCC)N1CCN(C(=C)c2ccc3c(Cl)cc(-c4cc(N)n(N)c4N)nc3c2)CC1. The molecule has 1 aliphatic rings. The number of nitrogen functional groups attached to an aromatic ring is 3. The molecule has 2 aromatic heterocycles. The van der Waals surface area contributed by atoms with Crippen molar-refractivity contribution in [2.24, 2.45) is 0 Å². The van der Waals surface area contributed by atoms with Gasteiger partial charge < -0.3 is 27.1 Å². The van der Waals surface area contributed by atoms with Gasteiger partial charge in [0.05, 0.1) is 16.2 Å². The monoisotopic (exact) mass is 451 g/mol. The molecule has 32 heavy (non-hydrogen) atoms. The molecule has 1 fully saturated rings. The maximum Gasteiger partial charge on any atom is 0.134 e. The average Bonchev–Trinajstić information content (AvgIpc) is 3.05. The molecule has 168 valence electrons. The van der Waals surface area contributed by atoms with Gasteiger partial charge in [0.15, 0.2) is 0 Å². The summed E-state index contributed by atoms with van der Waals surface area (Å²) in [7, 11) is 0. The fourth-order valence-corrected chi connectivity index (χ4v) is 4.45. The molecule has 8 heteroatoms. The number of pyridine rings is 1. The van der Waals surface area contributed by atoms with E-state index in [4.69, 9.17) is 33.9 Å². The summed E-state index contributed by atoms with van der Waals surface area (Å²) in [5.74, 6) is 6.56. The summed E-state index contributed by atoms with van der Waals surface area (Å²) in [6.45, 7) is 14.5. The average molecular weight is 452 g/mol. The second kappa shape index (κ2) is 8.67. The zero-order chi connectivity index (χ0) is 23.0. The van der Waals surface area contributed by atoms with E-state index in [1.807, 2.05) is 18.2 Å². The lowest BCUT2D eigenvalue weighted by Gasteiger charge is -2.39. The first-order valence-corrected chi connectivity index (χ1v) is 11.2. The van der Waals surface area contributed by atoms with E-state index in [1.165, 1.54) is 10.4 Å². The van der Waals surface area contributed by atoms with Crippen LogP contribution in [-0.2, 0) is 0 Å². The number of anilines is 2. The zero-order valence-electron chi connectivity index (χ0n) is 18.4. The first-order chi connectivity index (χ1) is 15.3. The predicted molar refractivity (Wildman–Crippen MR) is 135 cm³/mol. The van der Waals surface area contributed by atoms with Crippen LogP contribution in [0.5, 0.6) is 0 Å². The van der Waals surface area contributed by atoms with E-state index < -0.39 is 0 Å². The summed E-state index contributed by atoms with van der Waals surface area (Å²) in [6.07, 6.45) is 2.17. The van der Waals surface area contributed by atoms with E-state index >= 15 is 0 Å². The minimum Gasteiger partial charge on any atom is -0.384 e. The highest BCUT2D eigenvalue weighted by molar-refractivity contribution is 6.35. The number of fused-ring (bicyclic) bond motifs is 1. The third-order valence-electron chi connectivity index (χ3n) is 6.12. The molecule has 0 bridgehead atoms. The van der Waals surface area contributed by atoms with E-state index in [0.717, 1.165) is 61.2 Å². The van der Waals surface area contributed by atoms with E-state index in [-0.39, 0.29) is 0 Å². The lowest BCUT2D eigenvalue weighted by atomic mass is 10.1. The maximum atomic E-state index is 6.57. The van der Waals surface area contributed by atoms with Crippen LogP contribution in [0.4, 0.5) is 11.6 Å². The number of hydrogen-bond donors (Lipinski definition) is 3. The van der Waals surface area contributed by atoms with Crippen LogP contribution < -0.4 is 17.3 Å². The minimum atomic E-state index is 0.341. The van der Waals surface area contributed by atoms with Crippen LogP contribution >= 0.6 is 11.6 Å². The van der Waals surface area contributed by atoms with E-state index in [0.29, 0.717) is 27.9 Å². The molecule has 1 saturated heterocycles. The second-order valence-electron chi connectivity index (χ2n) is 8.20. The van der Waals surface area contributed by atoms with Crippen molar-refractivity contribution in [3.8, 4) is 11.3 Å². The van der Waals surface area contributed by atoms with Crippen LogP contribution in [0.15, 0.2) is 49.2 Å². The fraction of sp³-hybridized carbons (Fsp3) is 0.292. The Bertz CT molecular complexity index is 1190. The zero-order valence-corrected chi connectivity index (χ0v) is 19.2. The summed E-state index contributed by atoms with van der Waals surface area (Å²) in [6, 6.07) is 9.54. The smallest absolute Gasteiger partial charge is 0.134 e. The number of nitrogens with two attached hydrogens (primary N) is 3. The highest BCUT2D eigenvalue weighted by atomic mass is 35.5. The van der Waals surface area contributed by atoms with Crippen molar-refractivity contribution >= 4 is 39.8 Å². The number of benzene rings is 1. The van der Waals surface area contributed by atoms with Gasteiger partial charge in [0.2, 0.25) is 0 Å². The number of halogens is 1. The molecule has 0 aliphatic carbocycles. The number of piperazine rings is 1. The molecule has 7 nitrogen and oxygen atoms in total. The summed E-state index contributed by atoms with van der Waals surface area (Å²) in [5.41, 5.74) is 17.3. The normalized spacial score (nSPS) is 14.2. The van der Waals surface area contributed by atoms with Crippen molar-refractivity contribution in [1.29, 1.82) is 0 Å². The molecule has 6 N–H and O–H groups in total. The molecule has 3 heterocycles. The lowest BCUT2D eigenvalue weighted by Crippen LogP contribution is -2.44. The first-order valence-electron chi connectivity index (χ1n) is 10.8. The number of aromatic nitrogens is 2. The molecule has 0 unspecified atom stereocenters. The lowest BCUT2D eigenvalue weighted by molar-refractivity contribution is 0.209. The predicted octanol–water partition coefficient (Wildman–Crippen LogP) is 4.14. The van der Waals surface area contributed by atoms with Gasteiger partial charge in [-0.15, -0.1) is 0 Å². The molecular weight excluding hydrogens is 422 g/mol. The van der Waals surface area contributed by atoms with Crippen molar-refractivity contribution in [2.75, 3.05) is 43.5 Å². The van der Waals surface area contributed by atoms with Gasteiger partial charge in [-0.05, 0) is 30.2 Å². The van der Waals surface area contributed by atoms with Crippen LogP contribution in [0.3, 0.4) is 0 Å². The van der Waals surface area contributed by atoms with Gasteiger partial charge in [-0.3, -0.25) is 0 Å². The molecule has 0 amide bonds. The van der Waals surface area contributed by atoms with E-state index in [1.54, 1.807) is 12.1 Å². The third-order valence-corrected chi connectivity index (χ3v) is 6.43. The largest absolute Gasteiger partial charge is 0.384 e. The highest BCUT2D eigenvalue weighted by Crippen LogP contribution is 2.34. The first kappa shape index (κ1) is 21.9. The summed E-state index contributed by atoms with van der Waals surface area (Å²) in [5, 5.41) is 1.46.